The standard InChI is InChI=1S/C26H23N3O4S/c1-34(31,32)23-12-10-18(11-13-23)24-9-5-6-19-14-22(33-25(19)24)16-27-26(30)20-15-28-29(17-20)21-7-3-2-4-8-21/h2-13,15,17,22H,14,16H2,1H3,(H,27,30)/t22-/m0/s1. The zero-order valence-electron chi connectivity index (χ0n) is 18.5. The van der Waals surface area contributed by atoms with E-state index in [0.717, 1.165) is 28.1 Å². The molecule has 1 amide bonds. The van der Waals surface area contributed by atoms with E-state index in [1.54, 1.807) is 41.3 Å². The van der Waals surface area contributed by atoms with Gasteiger partial charge in [0.05, 0.1) is 28.9 Å². The smallest absolute Gasteiger partial charge is 0.254 e. The second-order valence-electron chi connectivity index (χ2n) is 8.25. The lowest BCUT2D eigenvalue weighted by molar-refractivity contribution is 0.0933. The largest absolute Gasteiger partial charge is 0.487 e. The van der Waals surface area contributed by atoms with E-state index in [0.29, 0.717) is 18.5 Å². The Balaban J connectivity index is 1.25. The molecular formula is C26H23N3O4S. The minimum atomic E-state index is -3.25. The van der Waals surface area contributed by atoms with Gasteiger partial charge in [0, 0.05) is 24.4 Å². The van der Waals surface area contributed by atoms with Crippen molar-refractivity contribution >= 4 is 15.7 Å². The summed E-state index contributed by atoms with van der Waals surface area (Å²) in [6.45, 7) is 0.358. The quantitative estimate of drug-likeness (QED) is 0.461. The molecule has 0 aliphatic carbocycles. The number of carbonyl (C=O) groups is 1. The summed E-state index contributed by atoms with van der Waals surface area (Å²) < 4.78 is 31.4. The minimum Gasteiger partial charge on any atom is -0.487 e. The maximum atomic E-state index is 12.7. The topological polar surface area (TPSA) is 90.3 Å². The number of fused-ring (bicyclic) bond motifs is 1. The number of benzene rings is 3. The van der Waals surface area contributed by atoms with Gasteiger partial charge in [-0.05, 0) is 35.4 Å². The number of rotatable bonds is 6. The van der Waals surface area contributed by atoms with Crippen molar-refractivity contribution in [2.24, 2.45) is 0 Å². The van der Waals surface area contributed by atoms with Crippen LogP contribution in [-0.2, 0) is 16.3 Å². The Kier molecular flexibility index (Phi) is 5.67. The van der Waals surface area contributed by atoms with Crippen LogP contribution in [-0.4, -0.2) is 43.0 Å². The number of hydrogen-bond acceptors (Lipinski definition) is 5. The van der Waals surface area contributed by atoms with Gasteiger partial charge in [0.2, 0.25) is 0 Å². The highest BCUT2D eigenvalue weighted by atomic mass is 32.2. The van der Waals surface area contributed by atoms with Crippen LogP contribution in [0.1, 0.15) is 15.9 Å². The molecule has 4 aromatic rings. The molecule has 0 unspecified atom stereocenters. The summed E-state index contributed by atoms with van der Waals surface area (Å²) in [6.07, 6.45) is 4.92. The molecule has 1 atom stereocenters. The Labute approximate surface area is 197 Å². The van der Waals surface area contributed by atoms with Crippen molar-refractivity contribution in [1.82, 2.24) is 15.1 Å². The maximum absolute atomic E-state index is 12.7. The number of nitrogens with zero attached hydrogens (tertiary/aromatic N) is 2. The Morgan fingerprint density at radius 1 is 1.06 bits per heavy atom. The van der Waals surface area contributed by atoms with Crippen LogP contribution >= 0.6 is 0 Å². The van der Waals surface area contributed by atoms with Crippen LogP contribution in [0.2, 0.25) is 0 Å². The predicted molar refractivity (Wildman–Crippen MR) is 129 cm³/mol. The first-order chi connectivity index (χ1) is 16.4. The van der Waals surface area contributed by atoms with Crippen molar-refractivity contribution in [2.75, 3.05) is 12.8 Å². The van der Waals surface area contributed by atoms with E-state index >= 15 is 0 Å². The number of carbonyl (C=O) groups excluding carboxylic acids is 1. The van der Waals surface area contributed by atoms with Crippen molar-refractivity contribution < 1.29 is 17.9 Å². The van der Waals surface area contributed by atoms with Crippen molar-refractivity contribution in [3.05, 3.63) is 96.3 Å². The normalized spacial score (nSPS) is 14.9. The second-order valence-corrected chi connectivity index (χ2v) is 10.3. The summed E-state index contributed by atoms with van der Waals surface area (Å²) >= 11 is 0. The zero-order valence-corrected chi connectivity index (χ0v) is 19.3. The third kappa shape index (κ3) is 4.45. The van der Waals surface area contributed by atoms with Gasteiger partial charge in [-0.3, -0.25) is 4.79 Å². The van der Waals surface area contributed by atoms with E-state index in [4.69, 9.17) is 4.74 Å². The van der Waals surface area contributed by atoms with Crippen LogP contribution in [0.3, 0.4) is 0 Å². The molecule has 1 aliphatic rings. The van der Waals surface area contributed by atoms with Crippen molar-refractivity contribution in [3.8, 4) is 22.6 Å². The van der Waals surface area contributed by atoms with Crippen molar-refractivity contribution in [2.45, 2.75) is 17.4 Å². The molecule has 0 spiro atoms. The zero-order chi connectivity index (χ0) is 23.7. The number of amides is 1. The van der Waals surface area contributed by atoms with Gasteiger partial charge < -0.3 is 10.1 Å². The Hall–Kier alpha value is -3.91. The van der Waals surface area contributed by atoms with Crippen LogP contribution < -0.4 is 10.1 Å². The fourth-order valence-corrected chi connectivity index (χ4v) is 4.66. The molecular weight excluding hydrogens is 450 g/mol. The Bertz CT molecular complexity index is 1450. The summed E-state index contributed by atoms with van der Waals surface area (Å²) in [5.74, 6) is 0.559. The van der Waals surface area contributed by atoms with Crippen molar-refractivity contribution in [1.29, 1.82) is 0 Å². The van der Waals surface area contributed by atoms with Gasteiger partial charge in [0.25, 0.3) is 5.91 Å². The molecule has 34 heavy (non-hydrogen) atoms. The number of para-hydroxylation sites is 2. The average Bonchev–Trinajstić information content (AvgIpc) is 3.50. The molecule has 8 heteroatoms. The highest BCUT2D eigenvalue weighted by Gasteiger charge is 2.26. The van der Waals surface area contributed by atoms with E-state index in [9.17, 15) is 13.2 Å². The minimum absolute atomic E-state index is 0.195. The van der Waals surface area contributed by atoms with Crippen molar-refractivity contribution in [3.63, 3.8) is 0 Å². The second kappa shape index (κ2) is 8.79. The molecule has 1 aliphatic heterocycles. The van der Waals surface area contributed by atoms with E-state index in [2.05, 4.69) is 10.4 Å². The highest BCUT2D eigenvalue weighted by Crippen LogP contribution is 2.38. The first-order valence-corrected chi connectivity index (χ1v) is 12.7. The van der Waals surface area contributed by atoms with E-state index in [-0.39, 0.29) is 16.9 Å². The molecule has 0 bridgehead atoms. The molecule has 172 valence electrons. The lowest BCUT2D eigenvalue weighted by Crippen LogP contribution is -2.34. The van der Waals surface area contributed by atoms with Gasteiger partial charge in [-0.1, -0.05) is 48.5 Å². The molecule has 3 aromatic carbocycles. The lowest BCUT2D eigenvalue weighted by atomic mass is 10.0. The van der Waals surface area contributed by atoms with E-state index in [1.165, 1.54) is 6.26 Å². The van der Waals surface area contributed by atoms with Gasteiger partial charge in [-0.15, -0.1) is 0 Å². The third-order valence-corrected chi connectivity index (χ3v) is 6.91. The Morgan fingerprint density at radius 2 is 1.82 bits per heavy atom. The van der Waals surface area contributed by atoms with Gasteiger partial charge in [0.15, 0.2) is 9.84 Å². The van der Waals surface area contributed by atoms with Gasteiger partial charge in [-0.25, -0.2) is 13.1 Å². The fraction of sp³-hybridized carbons (Fsp3) is 0.154. The highest BCUT2D eigenvalue weighted by molar-refractivity contribution is 7.90. The number of hydrogen-bond donors (Lipinski definition) is 1. The van der Waals surface area contributed by atoms with Crippen LogP contribution in [0.15, 0.2) is 90.1 Å². The van der Waals surface area contributed by atoms with Gasteiger partial charge >= 0.3 is 0 Å². The first kappa shape index (κ1) is 21.9. The molecule has 1 N–H and O–H groups in total. The van der Waals surface area contributed by atoms with E-state index < -0.39 is 9.84 Å². The van der Waals surface area contributed by atoms with Crippen LogP contribution in [0.25, 0.3) is 16.8 Å². The predicted octanol–water partition coefficient (Wildman–Crippen LogP) is 3.68. The monoisotopic (exact) mass is 473 g/mol. The molecule has 2 heterocycles. The number of sulfone groups is 1. The summed E-state index contributed by atoms with van der Waals surface area (Å²) in [5, 5.41) is 7.21. The number of ether oxygens (including phenoxy) is 1. The Morgan fingerprint density at radius 3 is 2.56 bits per heavy atom. The molecule has 0 saturated carbocycles. The average molecular weight is 474 g/mol. The lowest BCUT2D eigenvalue weighted by Gasteiger charge is -2.13. The molecule has 1 aromatic heterocycles. The number of nitrogens with one attached hydrogen (secondary N) is 1. The molecule has 0 fully saturated rings. The van der Waals surface area contributed by atoms with Crippen LogP contribution in [0.5, 0.6) is 5.75 Å². The summed E-state index contributed by atoms with van der Waals surface area (Å²) in [7, 11) is -3.25. The molecule has 5 rings (SSSR count). The van der Waals surface area contributed by atoms with E-state index in [1.807, 2.05) is 48.5 Å². The first-order valence-electron chi connectivity index (χ1n) is 10.9. The third-order valence-electron chi connectivity index (χ3n) is 5.78. The summed E-state index contributed by atoms with van der Waals surface area (Å²) in [5.41, 5.74) is 4.19. The molecule has 7 nitrogen and oxygen atoms in total. The van der Waals surface area contributed by atoms with Crippen LogP contribution in [0, 0.1) is 0 Å². The number of aromatic nitrogens is 2. The SMILES string of the molecule is CS(=O)(=O)c1ccc(-c2cccc3c2O[C@H](CNC(=O)c2cnn(-c4ccccc4)c2)C3)cc1. The molecule has 0 radical (unpaired) electrons. The summed E-state index contributed by atoms with van der Waals surface area (Å²) in [4.78, 5) is 12.9. The van der Waals surface area contributed by atoms with Gasteiger partial charge in [-0.2, -0.15) is 5.10 Å². The fourth-order valence-electron chi connectivity index (χ4n) is 4.03. The summed E-state index contributed by atoms with van der Waals surface area (Å²) in [6, 6.07) is 22.3. The van der Waals surface area contributed by atoms with Crippen LogP contribution in [0.4, 0.5) is 0 Å². The van der Waals surface area contributed by atoms with Gasteiger partial charge in [0.1, 0.15) is 11.9 Å². The molecule has 0 saturated heterocycles. The maximum Gasteiger partial charge on any atom is 0.254 e.